The first-order valence-electron chi connectivity index (χ1n) is 14.9. The third-order valence-corrected chi connectivity index (χ3v) is 12.6. The Morgan fingerprint density at radius 2 is 1.76 bits per heavy atom. The standard InChI is InChI=1S/C33H26ClN3O7S2/c34-16-6-8-21(44-13-22(38)35-17-7-5-14-3-1-2-4-15(14)9-17)18(10-16)24-25-19-11-20(28(25)45-30-29(24)46-33(43)36-30)27-26(19)31(41)37(32(27)42)12-23(39)40/h1-10,19-20,24-28H,11-13H2,(H,35,38)(H,36,43)(H,39,40)/t19?,20?,24-,25?,26?,27?,28?/m1/s1. The molecule has 7 atom stereocenters. The van der Waals surface area contributed by atoms with E-state index < -0.39 is 42.1 Å². The molecule has 10 nitrogen and oxygen atoms in total. The second-order valence-corrected chi connectivity index (χ2v) is 14.8. The number of carbonyl (C=O) groups excluding carboxylic acids is 3. The maximum atomic E-state index is 13.5. The Morgan fingerprint density at radius 1 is 1.00 bits per heavy atom. The molecule has 13 heteroatoms. The predicted molar refractivity (Wildman–Crippen MR) is 172 cm³/mol. The number of carboxylic acids is 1. The number of aromatic amines is 1. The van der Waals surface area contributed by atoms with Crippen molar-refractivity contribution in [3.8, 4) is 5.75 Å². The van der Waals surface area contributed by atoms with Crippen LogP contribution >= 0.6 is 34.7 Å². The van der Waals surface area contributed by atoms with Crippen LogP contribution in [0.5, 0.6) is 5.75 Å². The molecule has 3 fully saturated rings. The van der Waals surface area contributed by atoms with E-state index in [9.17, 15) is 29.1 Å². The highest BCUT2D eigenvalue weighted by Crippen LogP contribution is 2.69. The van der Waals surface area contributed by atoms with Gasteiger partial charge in [0.05, 0.1) is 16.9 Å². The van der Waals surface area contributed by atoms with E-state index >= 15 is 0 Å². The maximum Gasteiger partial charge on any atom is 0.323 e. The number of carbonyl (C=O) groups is 4. The summed E-state index contributed by atoms with van der Waals surface area (Å²) in [6.45, 7) is -0.925. The topological polar surface area (TPSA) is 146 Å². The van der Waals surface area contributed by atoms with Crippen LogP contribution in [0.1, 0.15) is 22.8 Å². The molecule has 2 aliphatic carbocycles. The number of nitrogens with one attached hydrogen (secondary N) is 2. The van der Waals surface area contributed by atoms with E-state index in [1.165, 1.54) is 11.8 Å². The first-order valence-corrected chi connectivity index (χ1v) is 16.9. The van der Waals surface area contributed by atoms with E-state index in [0.717, 1.165) is 31.9 Å². The van der Waals surface area contributed by atoms with Crippen molar-refractivity contribution < 1.29 is 29.0 Å². The summed E-state index contributed by atoms with van der Waals surface area (Å²) in [6, 6.07) is 18.7. The zero-order valence-electron chi connectivity index (χ0n) is 24.0. The number of nitrogens with zero attached hydrogens (tertiary/aromatic N) is 1. The van der Waals surface area contributed by atoms with Crippen LogP contribution < -0.4 is 14.9 Å². The molecule has 3 heterocycles. The molecule has 2 aliphatic heterocycles. The van der Waals surface area contributed by atoms with Gasteiger partial charge in [-0.05, 0) is 65.3 Å². The highest BCUT2D eigenvalue weighted by atomic mass is 35.5. The zero-order valence-corrected chi connectivity index (χ0v) is 26.4. The van der Waals surface area contributed by atoms with Crippen molar-refractivity contribution in [2.24, 2.45) is 29.6 Å². The van der Waals surface area contributed by atoms with Crippen LogP contribution in [0.4, 0.5) is 5.69 Å². The Balaban J connectivity index is 1.11. The average Bonchev–Trinajstić information content (AvgIpc) is 3.76. The van der Waals surface area contributed by atoms with E-state index in [0.29, 0.717) is 33.5 Å². The molecule has 1 saturated heterocycles. The summed E-state index contributed by atoms with van der Waals surface area (Å²) in [5.74, 6) is -4.11. The molecule has 4 aliphatic rings. The smallest absolute Gasteiger partial charge is 0.323 e. The molecule has 6 unspecified atom stereocenters. The van der Waals surface area contributed by atoms with Crippen LogP contribution in [-0.2, 0) is 19.2 Å². The van der Waals surface area contributed by atoms with Gasteiger partial charge in [0.2, 0.25) is 11.8 Å². The summed E-state index contributed by atoms with van der Waals surface area (Å²) < 4.78 is 6.15. The van der Waals surface area contributed by atoms with Crippen molar-refractivity contribution in [2.75, 3.05) is 18.5 Å². The number of H-pyrrole nitrogens is 1. The van der Waals surface area contributed by atoms with Crippen LogP contribution in [0.25, 0.3) is 10.8 Å². The highest BCUT2D eigenvalue weighted by molar-refractivity contribution is 8.00. The minimum Gasteiger partial charge on any atom is -0.483 e. The summed E-state index contributed by atoms with van der Waals surface area (Å²) in [7, 11) is 0. The largest absolute Gasteiger partial charge is 0.483 e. The molecule has 0 spiro atoms. The van der Waals surface area contributed by atoms with Crippen molar-refractivity contribution in [1.29, 1.82) is 0 Å². The SMILES string of the molecule is O=C(O)CN1C(=O)C2C3CC(C2C1=O)C1C3Sc2[nH]c(=O)sc2[C@@H]1c1cc(Cl)ccc1OCC(=O)Nc1ccc2ccccc2c1. The van der Waals surface area contributed by atoms with Gasteiger partial charge in [-0.25, -0.2) is 0 Å². The number of thiazole rings is 1. The van der Waals surface area contributed by atoms with Crippen LogP contribution in [0, 0.1) is 29.6 Å². The lowest BCUT2D eigenvalue weighted by Gasteiger charge is -2.43. The maximum absolute atomic E-state index is 13.5. The number of thioether (sulfide) groups is 1. The number of anilines is 1. The first-order chi connectivity index (χ1) is 22.2. The van der Waals surface area contributed by atoms with E-state index in [1.54, 1.807) is 18.2 Å². The second-order valence-electron chi connectivity index (χ2n) is 12.2. The van der Waals surface area contributed by atoms with Gasteiger partial charge in [0.25, 0.3) is 5.91 Å². The van der Waals surface area contributed by atoms with Crippen LogP contribution in [0.15, 0.2) is 70.5 Å². The normalized spacial score (nSPS) is 27.4. The van der Waals surface area contributed by atoms with Gasteiger partial charge in [-0.1, -0.05) is 53.3 Å². The van der Waals surface area contributed by atoms with Gasteiger partial charge in [-0.15, -0.1) is 11.8 Å². The van der Waals surface area contributed by atoms with E-state index in [2.05, 4.69) is 10.3 Å². The Bertz CT molecular complexity index is 2030. The summed E-state index contributed by atoms with van der Waals surface area (Å²) in [6.07, 6.45) is 0.649. The number of imide groups is 1. The second kappa shape index (κ2) is 11.0. The number of likely N-dealkylation sites (tertiary alicyclic amines) is 1. The number of ether oxygens (including phenoxy) is 1. The fraction of sp³-hybridized carbons (Fsp3) is 0.303. The summed E-state index contributed by atoms with van der Waals surface area (Å²) in [5.41, 5.74) is 1.34. The number of fused-ring (bicyclic) bond motifs is 10. The number of aliphatic carboxylic acids is 1. The van der Waals surface area contributed by atoms with Gasteiger partial charge in [0.1, 0.15) is 12.3 Å². The zero-order chi connectivity index (χ0) is 31.9. The van der Waals surface area contributed by atoms with Crippen molar-refractivity contribution in [1.82, 2.24) is 9.88 Å². The molecule has 8 rings (SSSR count). The Morgan fingerprint density at radius 3 is 2.54 bits per heavy atom. The van der Waals surface area contributed by atoms with Crippen molar-refractivity contribution in [3.63, 3.8) is 0 Å². The van der Waals surface area contributed by atoms with Crippen LogP contribution in [-0.4, -0.2) is 57.1 Å². The monoisotopic (exact) mass is 675 g/mol. The number of benzene rings is 3. The number of aromatic nitrogens is 1. The lowest BCUT2D eigenvalue weighted by atomic mass is 9.68. The average molecular weight is 676 g/mol. The fourth-order valence-corrected chi connectivity index (χ4v) is 11.3. The van der Waals surface area contributed by atoms with Crippen LogP contribution in [0.2, 0.25) is 5.02 Å². The minimum atomic E-state index is -1.23. The number of hydrogen-bond donors (Lipinski definition) is 3. The highest BCUT2D eigenvalue weighted by Gasteiger charge is 2.69. The molecule has 3 N–H and O–H groups in total. The quantitative estimate of drug-likeness (QED) is 0.237. The van der Waals surface area contributed by atoms with Gasteiger partial charge in [-0.3, -0.25) is 28.9 Å². The lowest BCUT2D eigenvalue weighted by Crippen LogP contribution is -2.42. The first kappa shape index (κ1) is 29.3. The Kier molecular flexibility index (Phi) is 7.00. The van der Waals surface area contributed by atoms with E-state index in [-0.39, 0.29) is 40.4 Å². The minimum absolute atomic E-state index is 0.0986. The molecule has 3 aromatic carbocycles. The molecule has 3 amide bonds. The number of amides is 3. The van der Waals surface area contributed by atoms with E-state index in [4.69, 9.17) is 16.3 Å². The Hall–Kier alpha value is -4.13. The van der Waals surface area contributed by atoms with Gasteiger partial charge in [0, 0.05) is 32.3 Å². The van der Waals surface area contributed by atoms with Crippen molar-refractivity contribution >= 4 is 74.9 Å². The molecular formula is C33H26ClN3O7S2. The fourth-order valence-electron chi connectivity index (χ4n) is 8.22. The van der Waals surface area contributed by atoms with Crippen LogP contribution in [0.3, 0.4) is 0 Å². The summed E-state index contributed by atoms with van der Waals surface area (Å²) >= 11 is 9.16. The number of halogens is 1. The van der Waals surface area contributed by atoms with Gasteiger partial charge < -0.3 is 20.1 Å². The molecule has 46 heavy (non-hydrogen) atoms. The number of rotatable bonds is 7. The van der Waals surface area contributed by atoms with E-state index in [1.807, 2.05) is 42.5 Å². The third kappa shape index (κ3) is 4.65. The van der Waals surface area contributed by atoms with Crippen molar-refractivity contribution in [2.45, 2.75) is 22.6 Å². The molecular weight excluding hydrogens is 650 g/mol. The number of hydrogen-bond acceptors (Lipinski definition) is 8. The molecule has 2 saturated carbocycles. The molecule has 4 aromatic rings. The van der Waals surface area contributed by atoms with Gasteiger partial charge in [-0.2, -0.15) is 0 Å². The molecule has 234 valence electrons. The Labute approximate surface area is 275 Å². The van der Waals surface area contributed by atoms with Gasteiger partial charge >= 0.3 is 10.8 Å². The molecule has 0 radical (unpaired) electrons. The lowest BCUT2D eigenvalue weighted by molar-refractivity contribution is -0.149. The van der Waals surface area contributed by atoms with Gasteiger partial charge in [0.15, 0.2) is 6.61 Å². The van der Waals surface area contributed by atoms with Crippen molar-refractivity contribution in [3.05, 3.63) is 85.8 Å². The molecule has 1 aromatic heterocycles. The molecule has 2 bridgehead atoms. The number of carboxylic acid groups (broad SMARTS) is 1. The predicted octanol–water partition coefficient (Wildman–Crippen LogP) is 4.82. The summed E-state index contributed by atoms with van der Waals surface area (Å²) in [4.78, 5) is 68.5. The summed E-state index contributed by atoms with van der Waals surface area (Å²) in [5, 5.41) is 15.4. The third-order valence-electron chi connectivity index (χ3n) is 9.81.